The molecule has 0 aliphatic carbocycles. The summed E-state index contributed by atoms with van der Waals surface area (Å²) in [6, 6.07) is 0. The Balaban J connectivity index is 2.61. The third kappa shape index (κ3) is 5.86. The molecule has 1 heterocycles. The summed E-state index contributed by atoms with van der Waals surface area (Å²) in [5.74, 6) is 1.38. The summed E-state index contributed by atoms with van der Waals surface area (Å²) < 4.78 is 6.02. The van der Waals surface area contributed by atoms with Gasteiger partial charge in [-0.05, 0) is 31.1 Å². The average molecular weight is 286 g/mol. The fourth-order valence-electron chi connectivity index (χ4n) is 2.80. The van der Waals surface area contributed by atoms with E-state index < -0.39 is 0 Å². The molecule has 4 atom stereocenters. The molecule has 0 radical (unpaired) electrons. The predicted molar refractivity (Wildman–Crippen MR) is 83.7 cm³/mol. The van der Waals surface area contributed by atoms with E-state index in [2.05, 4.69) is 27.7 Å². The summed E-state index contributed by atoms with van der Waals surface area (Å²) >= 11 is 2.00. The lowest BCUT2D eigenvalue weighted by Gasteiger charge is -2.36. The van der Waals surface area contributed by atoms with E-state index in [4.69, 9.17) is 4.74 Å². The molecule has 0 aromatic rings. The molecule has 1 fully saturated rings. The molecular weight excluding hydrogens is 256 g/mol. The number of ether oxygens (including phenoxy) is 1. The summed E-state index contributed by atoms with van der Waals surface area (Å²) in [5, 5.41) is 0.995. The van der Waals surface area contributed by atoms with Gasteiger partial charge in [-0.15, -0.1) is 0 Å². The number of aldehydes is 1. The first-order valence-corrected chi connectivity index (χ1v) is 8.73. The summed E-state index contributed by atoms with van der Waals surface area (Å²) in [4.78, 5) is 10.8. The molecule has 0 N–H and O–H groups in total. The Bertz CT molecular complexity index is 255. The normalized spacial score (nSPS) is 27.2. The quantitative estimate of drug-likeness (QED) is 0.622. The summed E-state index contributed by atoms with van der Waals surface area (Å²) in [5.41, 5.74) is 0. The van der Waals surface area contributed by atoms with Crippen LogP contribution in [-0.4, -0.2) is 29.5 Å². The Morgan fingerprint density at radius 2 is 2.16 bits per heavy atom. The zero-order chi connectivity index (χ0) is 14.3. The van der Waals surface area contributed by atoms with Crippen LogP contribution in [0.2, 0.25) is 0 Å². The molecule has 0 aromatic carbocycles. The van der Waals surface area contributed by atoms with Crippen molar-refractivity contribution in [3.63, 3.8) is 0 Å². The fourth-order valence-corrected chi connectivity index (χ4v) is 4.48. The van der Waals surface area contributed by atoms with Gasteiger partial charge >= 0.3 is 0 Å². The number of carbonyl (C=O) groups excluding carboxylic acids is 1. The van der Waals surface area contributed by atoms with Gasteiger partial charge in [0.15, 0.2) is 0 Å². The van der Waals surface area contributed by atoms with E-state index in [-0.39, 0.29) is 0 Å². The van der Waals surface area contributed by atoms with E-state index in [9.17, 15) is 4.79 Å². The van der Waals surface area contributed by atoms with Crippen LogP contribution >= 0.6 is 11.8 Å². The lowest BCUT2D eigenvalue weighted by atomic mass is 9.92. The minimum atomic E-state index is 0.375. The molecule has 4 unspecified atom stereocenters. The van der Waals surface area contributed by atoms with Crippen LogP contribution in [0, 0.1) is 11.8 Å². The molecule has 0 saturated carbocycles. The summed E-state index contributed by atoms with van der Waals surface area (Å²) in [6.45, 7) is 9.99. The van der Waals surface area contributed by atoms with E-state index in [0.29, 0.717) is 28.9 Å². The smallest absolute Gasteiger partial charge is 0.121 e. The number of hydrogen-bond donors (Lipinski definition) is 0. The average Bonchev–Trinajstić information content (AvgIpc) is 2.35. The highest BCUT2D eigenvalue weighted by Crippen LogP contribution is 2.36. The molecule has 0 bridgehead atoms. The van der Waals surface area contributed by atoms with Crippen LogP contribution in [0.15, 0.2) is 0 Å². The van der Waals surface area contributed by atoms with Crippen LogP contribution in [-0.2, 0) is 9.53 Å². The molecule has 112 valence electrons. The zero-order valence-corrected chi connectivity index (χ0v) is 13.7. The van der Waals surface area contributed by atoms with Gasteiger partial charge in [0.1, 0.15) is 6.29 Å². The summed E-state index contributed by atoms with van der Waals surface area (Å²) in [7, 11) is 0. The maximum atomic E-state index is 10.8. The fraction of sp³-hybridized carbons (Fsp3) is 0.938. The monoisotopic (exact) mass is 286 g/mol. The van der Waals surface area contributed by atoms with E-state index in [1.54, 1.807) is 0 Å². The van der Waals surface area contributed by atoms with Crippen LogP contribution in [0.25, 0.3) is 0 Å². The van der Waals surface area contributed by atoms with E-state index in [1.807, 2.05) is 11.8 Å². The minimum Gasteiger partial charge on any atom is -0.377 e. The highest BCUT2D eigenvalue weighted by Gasteiger charge is 2.31. The van der Waals surface area contributed by atoms with Crippen molar-refractivity contribution in [2.45, 2.75) is 76.4 Å². The van der Waals surface area contributed by atoms with Gasteiger partial charge in [-0.3, -0.25) is 0 Å². The Kier molecular flexibility index (Phi) is 8.08. The standard InChI is InChI=1S/C16H30O2S/c1-5-6-14(7-9-17)19-16(12(2)3)15-11-13(4)8-10-18-15/h9,12-16H,5-8,10-11H2,1-4H3. The van der Waals surface area contributed by atoms with Gasteiger partial charge in [0, 0.05) is 23.5 Å². The van der Waals surface area contributed by atoms with Crippen LogP contribution in [0.3, 0.4) is 0 Å². The van der Waals surface area contributed by atoms with Gasteiger partial charge in [-0.1, -0.05) is 34.1 Å². The Hall–Kier alpha value is -0.0200. The van der Waals surface area contributed by atoms with Gasteiger partial charge in [0.2, 0.25) is 0 Å². The highest BCUT2D eigenvalue weighted by molar-refractivity contribution is 8.00. The molecule has 0 amide bonds. The van der Waals surface area contributed by atoms with Gasteiger partial charge in [0.25, 0.3) is 0 Å². The second kappa shape index (κ2) is 9.02. The molecule has 1 saturated heterocycles. The Morgan fingerprint density at radius 1 is 1.42 bits per heavy atom. The third-order valence-electron chi connectivity index (χ3n) is 3.92. The van der Waals surface area contributed by atoms with Gasteiger partial charge in [-0.2, -0.15) is 11.8 Å². The molecule has 19 heavy (non-hydrogen) atoms. The van der Waals surface area contributed by atoms with Gasteiger partial charge in [0.05, 0.1) is 6.10 Å². The van der Waals surface area contributed by atoms with Crippen molar-refractivity contribution in [3.8, 4) is 0 Å². The Labute approximate surface area is 123 Å². The van der Waals surface area contributed by atoms with Crippen LogP contribution in [0.5, 0.6) is 0 Å². The largest absolute Gasteiger partial charge is 0.377 e. The molecule has 3 heteroatoms. The van der Waals surface area contributed by atoms with Crippen molar-refractivity contribution >= 4 is 18.0 Å². The molecule has 1 rings (SSSR count). The van der Waals surface area contributed by atoms with Crippen molar-refractivity contribution in [3.05, 3.63) is 0 Å². The maximum absolute atomic E-state index is 10.8. The van der Waals surface area contributed by atoms with Crippen molar-refractivity contribution < 1.29 is 9.53 Å². The van der Waals surface area contributed by atoms with E-state index in [0.717, 1.165) is 31.7 Å². The predicted octanol–water partition coefficient (Wildman–Crippen LogP) is 4.32. The van der Waals surface area contributed by atoms with E-state index in [1.165, 1.54) is 12.8 Å². The topological polar surface area (TPSA) is 26.3 Å². The number of thioether (sulfide) groups is 1. The molecule has 2 nitrogen and oxygen atoms in total. The highest BCUT2D eigenvalue weighted by atomic mass is 32.2. The minimum absolute atomic E-state index is 0.375. The van der Waals surface area contributed by atoms with Gasteiger partial charge < -0.3 is 9.53 Å². The third-order valence-corrected chi connectivity index (χ3v) is 5.90. The van der Waals surface area contributed by atoms with Crippen molar-refractivity contribution in [2.24, 2.45) is 11.8 Å². The molecule has 0 spiro atoms. The Morgan fingerprint density at radius 3 is 2.68 bits per heavy atom. The van der Waals surface area contributed by atoms with Crippen molar-refractivity contribution in [2.75, 3.05) is 6.61 Å². The molecule has 1 aliphatic rings. The molecule has 1 aliphatic heterocycles. The first-order valence-electron chi connectivity index (χ1n) is 7.79. The van der Waals surface area contributed by atoms with Crippen LogP contribution < -0.4 is 0 Å². The maximum Gasteiger partial charge on any atom is 0.121 e. The van der Waals surface area contributed by atoms with Crippen LogP contribution in [0.4, 0.5) is 0 Å². The SMILES string of the molecule is CCCC(CC=O)SC(C(C)C)C1CC(C)CCO1. The zero-order valence-electron chi connectivity index (χ0n) is 12.9. The number of hydrogen-bond acceptors (Lipinski definition) is 3. The number of carbonyl (C=O) groups is 1. The second-order valence-electron chi connectivity index (χ2n) is 6.20. The molecular formula is C16H30O2S. The van der Waals surface area contributed by atoms with Crippen LogP contribution in [0.1, 0.15) is 59.8 Å². The lowest BCUT2D eigenvalue weighted by Crippen LogP contribution is -2.37. The lowest BCUT2D eigenvalue weighted by molar-refractivity contribution is -0.107. The first kappa shape index (κ1) is 17.0. The number of rotatable bonds is 8. The van der Waals surface area contributed by atoms with Crippen molar-refractivity contribution in [1.82, 2.24) is 0 Å². The van der Waals surface area contributed by atoms with Crippen molar-refractivity contribution in [1.29, 1.82) is 0 Å². The first-order chi connectivity index (χ1) is 9.08. The summed E-state index contributed by atoms with van der Waals surface area (Å²) in [6.07, 6.45) is 6.79. The second-order valence-corrected chi connectivity index (χ2v) is 7.68. The van der Waals surface area contributed by atoms with E-state index >= 15 is 0 Å². The molecule has 0 aromatic heterocycles. The van der Waals surface area contributed by atoms with Gasteiger partial charge in [-0.25, -0.2) is 0 Å².